The van der Waals surface area contributed by atoms with Gasteiger partial charge in [-0.05, 0) is 19.4 Å². The van der Waals surface area contributed by atoms with Gasteiger partial charge in [0.2, 0.25) is 11.9 Å². The van der Waals surface area contributed by atoms with Gasteiger partial charge in [0.25, 0.3) is 10.2 Å². The molecular formula is C20H30F2N8O6S3. The molecule has 0 radical (unpaired) electrons. The molecule has 19 heteroatoms. The van der Waals surface area contributed by atoms with Crippen LogP contribution < -0.4 is 15.2 Å². The molecule has 0 unspecified atom stereocenters. The molecule has 2 aromatic rings. The van der Waals surface area contributed by atoms with Crippen LogP contribution in [-0.2, 0) is 30.9 Å². The van der Waals surface area contributed by atoms with E-state index in [1.165, 1.54) is 20.7 Å². The van der Waals surface area contributed by atoms with Crippen molar-refractivity contribution >= 4 is 44.1 Å². The Morgan fingerprint density at radius 2 is 1.74 bits per heavy atom. The van der Waals surface area contributed by atoms with Gasteiger partial charge in [-0.1, -0.05) is 23.9 Å². The minimum Gasteiger partial charge on any atom is -0.394 e. The number of aliphatic hydroxyl groups is 1. The van der Waals surface area contributed by atoms with Gasteiger partial charge < -0.3 is 15.2 Å². The van der Waals surface area contributed by atoms with Gasteiger partial charge in [0.05, 0.1) is 19.8 Å². The lowest BCUT2D eigenvalue weighted by molar-refractivity contribution is 0.0730. The van der Waals surface area contributed by atoms with Gasteiger partial charge in [0, 0.05) is 43.5 Å². The summed E-state index contributed by atoms with van der Waals surface area (Å²) in [5, 5.41) is 17.0. The number of hydrogen-bond acceptors (Lipinski definition) is 11. The zero-order valence-electron chi connectivity index (χ0n) is 21.0. The van der Waals surface area contributed by atoms with Crippen molar-refractivity contribution in [2.75, 3.05) is 56.0 Å². The highest BCUT2D eigenvalue weighted by atomic mass is 32.2. The van der Waals surface area contributed by atoms with E-state index in [1.807, 2.05) is 0 Å². The number of aromatic nitrogens is 3. The van der Waals surface area contributed by atoms with Crippen LogP contribution in [0.1, 0.15) is 18.9 Å². The van der Waals surface area contributed by atoms with E-state index >= 15 is 0 Å². The molecule has 3 heterocycles. The number of thioether (sulfide) groups is 1. The van der Waals surface area contributed by atoms with Crippen LogP contribution in [0, 0.1) is 11.6 Å². The summed E-state index contributed by atoms with van der Waals surface area (Å²) in [6.45, 7) is 3.94. The van der Waals surface area contributed by atoms with E-state index in [1.54, 1.807) is 6.92 Å². The van der Waals surface area contributed by atoms with Crippen molar-refractivity contribution in [1.29, 1.82) is 0 Å². The first kappa shape index (κ1) is 31.3. The third-order valence-electron chi connectivity index (χ3n) is 5.36. The first-order chi connectivity index (χ1) is 18.4. The predicted octanol–water partition coefficient (Wildman–Crippen LogP) is 0.119. The summed E-state index contributed by atoms with van der Waals surface area (Å²) in [5.41, 5.74) is 0.122. The lowest BCUT2D eigenvalue weighted by Crippen LogP contribution is -2.45. The highest BCUT2D eigenvalue weighted by molar-refractivity contribution is 7.98. The number of anilines is 2. The highest BCUT2D eigenvalue weighted by Gasteiger charge is 2.28. The zero-order chi connectivity index (χ0) is 28.6. The molecule has 0 saturated carbocycles. The second-order valence-electron chi connectivity index (χ2n) is 8.41. The second kappa shape index (κ2) is 13.9. The smallest absolute Gasteiger partial charge is 0.303 e. The molecule has 4 rings (SSSR count). The Morgan fingerprint density at radius 1 is 1.08 bits per heavy atom. The number of nitrogens with one attached hydrogen (secondary N) is 2. The fourth-order valence-electron chi connectivity index (χ4n) is 3.11. The molecular weight excluding hydrogens is 582 g/mol. The maximum Gasteiger partial charge on any atom is 0.303 e. The van der Waals surface area contributed by atoms with Crippen LogP contribution in [0.2, 0.25) is 0 Å². The Kier molecular flexibility index (Phi) is 11.1. The first-order valence-corrected chi connectivity index (χ1v) is 15.6. The summed E-state index contributed by atoms with van der Waals surface area (Å²) < 4.78 is 82.8. The van der Waals surface area contributed by atoms with Crippen molar-refractivity contribution in [3.63, 3.8) is 0 Å². The van der Waals surface area contributed by atoms with Crippen LogP contribution in [0.5, 0.6) is 0 Å². The monoisotopic (exact) mass is 612 g/mol. The standard InChI is InChI=1S/C16H20F2N6O3S2.C4H10N2O3S/c1-10(8-25)19-14-20-15(23-29(26,27)24-6-3-7-24)22-16(21-14)28-9-11-4-2-5-12(17)13(11)18;5-10(7,8)6-1-3-9-4-2-6/h2,4-5,10,25H,3,6-9H2,1H3,(H2,19,20,21,22,23);1-4H2,(H2,5,7,8)/t10-;/m1./s1. The number of aliphatic hydroxyl groups excluding tert-OH is 1. The van der Waals surface area contributed by atoms with Gasteiger partial charge in [0.15, 0.2) is 16.8 Å². The van der Waals surface area contributed by atoms with Crippen LogP contribution in [0.4, 0.5) is 20.7 Å². The predicted molar refractivity (Wildman–Crippen MR) is 140 cm³/mol. The third-order valence-corrected chi connectivity index (χ3v) is 8.82. The molecule has 39 heavy (non-hydrogen) atoms. The zero-order valence-corrected chi connectivity index (χ0v) is 23.4. The minimum atomic E-state index is -3.79. The topological polar surface area (TPSA) is 193 Å². The van der Waals surface area contributed by atoms with Crippen LogP contribution >= 0.6 is 11.8 Å². The summed E-state index contributed by atoms with van der Waals surface area (Å²) in [6, 6.07) is 3.46. The van der Waals surface area contributed by atoms with Gasteiger partial charge in [-0.15, -0.1) is 0 Å². The van der Waals surface area contributed by atoms with E-state index in [0.29, 0.717) is 39.4 Å². The van der Waals surface area contributed by atoms with E-state index in [0.717, 1.165) is 24.2 Å². The molecule has 0 bridgehead atoms. The van der Waals surface area contributed by atoms with Gasteiger partial charge in [-0.25, -0.2) is 18.6 Å². The molecule has 14 nitrogen and oxygen atoms in total. The largest absolute Gasteiger partial charge is 0.394 e. The SMILES string of the molecule is C[C@H](CO)Nc1nc(NS(=O)(=O)N2CCC2)nc(SCc2cccc(F)c2F)n1.NS(=O)(=O)N1CCOCC1. The molecule has 218 valence electrons. The number of ether oxygens (including phenoxy) is 1. The van der Waals surface area contributed by atoms with Gasteiger partial charge in [-0.3, -0.25) is 0 Å². The highest BCUT2D eigenvalue weighted by Crippen LogP contribution is 2.25. The van der Waals surface area contributed by atoms with Crippen molar-refractivity contribution in [2.45, 2.75) is 30.3 Å². The van der Waals surface area contributed by atoms with E-state index < -0.39 is 38.1 Å². The average molecular weight is 613 g/mol. The molecule has 1 aromatic heterocycles. The Hall–Kier alpha value is -2.26. The molecule has 0 spiro atoms. The number of halogens is 2. The molecule has 0 aliphatic carbocycles. The summed E-state index contributed by atoms with van der Waals surface area (Å²) in [6.07, 6.45) is 0.777. The molecule has 2 aliphatic heterocycles. The normalized spacial score (nSPS) is 17.5. The average Bonchev–Trinajstić information content (AvgIpc) is 2.83. The van der Waals surface area contributed by atoms with Gasteiger partial charge in [-0.2, -0.15) is 40.4 Å². The number of nitrogens with two attached hydrogens (primary N) is 1. The third kappa shape index (κ3) is 9.41. The molecule has 1 aromatic carbocycles. The number of nitrogens with zero attached hydrogens (tertiary/aromatic N) is 5. The second-order valence-corrected chi connectivity index (χ2v) is 12.6. The fraction of sp³-hybridized carbons (Fsp3) is 0.550. The lowest BCUT2D eigenvalue weighted by atomic mass is 10.2. The summed E-state index contributed by atoms with van der Waals surface area (Å²) in [7, 11) is -7.26. The number of hydrogen-bond donors (Lipinski definition) is 4. The van der Waals surface area contributed by atoms with Crippen LogP contribution in [0.25, 0.3) is 0 Å². The molecule has 0 amide bonds. The van der Waals surface area contributed by atoms with Crippen molar-refractivity contribution in [2.24, 2.45) is 5.14 Å². The van der Waals surface area contributed by atoms with Crippen molar-refractivity contribution in [3.8, 4) is 0 Å². The van der Waals surface area contributed by atoms with Crippen LogP contribution in [0.3, 0.4) is 0 Å². The molecule has 5 N–H and O–H groups in total. The van der Waals surface area contributed by atoms with Crippen molar-refractivity contribution in [1.82, 2.24) is 23.6 Å². The summed E-state index contributed by atoms with van der Waals surface area (Å²) in [5.74, 6) is -2.05. The molecule has 2 fully saturated rings. The number of rotatable bonds is 10. The van der Waals surface area contributed by atoms with E-state index in [2.05, 4.69) is 25.0 Å². The lowest BCUT2D eigenvalue weighted by Gasteiger charge is -2.29. The van der Waals surface area contributed by atoms with Gasteiger partial charge in [0.1, 0.15) is 0 Å². The first-order valence-electron chi connectivity index (χ1n) is 11.7. The summed E-state index contributed by atoms with van der Waals surface area (Å²) in [4.78, 5) is 12.2. The fourth-order valence-corrected chi connectivity index (χ4v) is 5.77. The number of benzene rings is 1. The Labute approximate surface area is 229 Å². The molecule has 2 saturated heterocycles. The van der Waals surface area contributed by atoms with Crippen molar-refractivity contribution < 1.29 is 35.5 Å². The van der Waals surface area contributed by atoms with Crippen LogP contribution in [0.15, 0.2) is 23.4 Å². The van der Waals surface area contributed by atoms with E-state index in [4.69, 9.17) is 9.88 Å². The Morgan fingerprint density at radius 3 is 2.31 bits per heavy atom. The number of morpholine rings is 1. The summed E-state index contributed by atoms with van der Waals surface area (Å²) >= 11 is 0.994. The maximum absolute atomic E-state index is 13.9. The van der Waals surface area contributed by atoms with E-state index in [-0.39, 0.29) is 35.0 Å². The van der Waals surface area contributed by atoms with E-state index in [9.17, 15) is 30.7 Å². The molecule has 1 atom stereocenters. The molecule has 2 aliphatic rings. The Bertz CT molecular complexity index is 1330. The van der Waals surface area contributed by atoms with Gasteiger partial charge >= 0.3 is 10.2 Å². The van der Waals surface area contributed by atoms with Crippen molar-refractivity contribution in [3.05, 3.63) is 35.4 Å². The Balaban J connectivity index is 0.000000353. The maximum atomic E-state index is 13.9. The quantitative estimate of drug-likeness (QED) is 0.266. The van der Waals surface area contributed by atoms with Crippen LogP contribution in [-0.4, -0.2) is 97.5 Å². The minimum absolute atomic E-state index is 0.0287.